The first-order valence-electron chi connectivity index (χ1n) is 8.15. The third-order valence-corrected chi connectivity index (χ3v) is 4.32. The van der Waals surface area contributed by atoms with Gasteiger partial charge in [0.15, 0.2) is 0 Å². The van der Waals surface area contributed by atoms with Gasteiger partial charge in [0.05, 0.1) is 0 Å². The van der Waals surface area contributed by atoms with Gasteiger partial charge in [0, 0.05) is 18.3 Å². The number of amides is 1. The molecule has 9 nitrogen and oxygen atoms in total. The first kappa shape index (κ1) is 16.0. The van der Waals surface area contributed by atoms with Crippen LogP contribution in [-0.4, -0.2) is 37.5 Å². The average molecular weight is 353 g/mol. The number of nitrogens with zero attached hydrogens (tertiary/aromatic N) is 3. The molecule has 1 fully saturated rings. The lowest BCUT2D eigenvalue weighted by atomic mass is 10.2. The third-order valence-electron chi connectivity index (χ3n) is 4.32. The SMILES string of the molecule is O=C(c1c[nH]c(=O)[nH]c1=O)N1CCC[C@H]1c1nc(-c2ccccc2)no1. The van der Waals surface area contributed by atoms with E-state index in [4.69, 9.17) is 4.52 Å². The predicted molar refractivity (Wildman–Crippen MR) is 90.4 cm³/mol. The van der Waals surface area contributed by atoms with E-state index in [1.54, 1.807) is 0 Å². The number of H-pyrrole nitrogens is 2. The molecule has 1 saturated heterocycles. The number of aromatic amines is 2. The summed E-state index contributed by atoms with van der Waals surface area (Å²) in [6.07, 6.45) is 2.53. The lowest BCUT2D eigenvalue weighted by molar-refractivity contribution is 0.0707. The van der Waals surface area contributed by atoms with E-state index in [1.165, 1.54) is 4.90 Å². The van der Waals surface area contributed by atoms with E-state index in [0.29, 0.717) is 24.7 Å². The van der Waals surface area contributed by atoms with Crippen molar-refractivity contribution < 1.29 is 9.32 Å². The highest BCUT2D eigenvalue weighted by atomic mass is 16.5. The average Bonchev–Trinajstić information content (AvgIpc) is 3.31. The van der Waals surface area contributed by atoms with E-state index >= 15 is 0 Å². The fourth-order valence-electron chi connectivity index (χ4n) is 3.06. The maximum absolute atomic E-state index is 12.7. The highest BCUT2D eigenvalue weighted by Crippen LogP contribution is 2.32. The van der Waals surface area contributed by atoms with Crippen molar-refractivity contribution in [1.29, 1.82) is 0 Å². The highest BCUT2D eigenvalue weighted by molar-refractivity contribution is 5.93. The largest absolute Gasteiger partial charge is 0.337 e. The number of likely N-dealkylation sites (tertiary alicyclic amines) is 1. The molecule has 1 aliphatic rings. The number of carbonyl (C=O) groups is 1. The molecule has 26 heavy (non-hydrogen) atoms. The zero-order chi connectivity index (χ0) is 18.1. The predicted octanol–water partition coefficient (Wildman–Crippen LogP) is 1.09. The first-order valence-corrected chi connectivity index (χ1v) is 8.15. The van der Waals surface area contributed by atoms with Crippen molar-refractivity contribution in [1.82, 2.24) is 25.0 Å². The van der Waals surface area contributed by atoms with Crippen LogP contribution >= 0.6 is 0 Å². The maximum Gasteiger partial charge on any atom is 0.325 e. The van der Waals surface area contributed by atoms with Crippen molar-refractivity contribution in [2.24, 2.45) is 0 Å². The smallest absolute Gasteiger partial charge is 0.325 e. The molecular weight excluding hydrogens is 338 g/mol. The Balaban J connectivity index is 1.63. The van der Waals surface area contributed by atoms with E-state index in [1.807, 2.05) is 30.3 Å². The van der Waals surface area contributed by atoms with Crippen molar-refractivity contribution in [3.05, 3.63) is 68.8 Å². The molecule has 0 spiro atoms. The van der Waals surface area contributed by atoms with E-state index in [2.05, 4.69) is 20.1 Å². The molecule has 132 valence electrons. The number of benzene rings is 1. The van der Waals surface area contributed by atoms with Crippen molar-refractivity contribution >= 4 is 5.91 Å². The normalized spacial score (nSPS) is 16.8. The van der Waals surface area contributed by atoms with Gasteiger partial charge in [-0.1, -0.05) is 35.5 Å². The molecule has 0 bridgehead atoms. The van der Waals surface area contributed by atoms with Gasteiger partial charge in [-0.25, -0.2) is 4.79 Å². The van der Waals surface area contributed by atoms with Crippen molar-refractivity contribution in [2.75, 3.05) is 6.54 Å². The summed E-state index contributed by atoms with van der Waals surface area (Å²) >= 11 is 0. The monoisotopic (exact) mass is 353 g/mol. The van der Waals surface area contributed by atoms with Crippen molar-refractivity contribution in [2.45, 2.75) is 18.9 Å². The fraction of sp³-hybridized carbons (Fsp3) is 0.235. The minimum Gasteiger partial charge on any atom is -0.337 e. The van der Waals surface area contributed by atoms with Gasteiger partial charge in [0.1, 0.15) is 11.6 Å². The number of hydrogen-bond donors (Lipinski definition) is 2. The number of hydrogen-bond acceptors (Lipinski definition) is 6. The third kappa shape index (κ3) is 2.83. The zero-order valence-electron chi connectivity index (χ0n) is 13.6. The van der Waals surface area contributed by atoms with Crippen LogP contribution in [-0.2, 0) is 0 Å². The summed E-state index contributed by atoms with van der Waals surface area (Å²) in [4.78, 5) is 46.1. The second kappa shape index (κ2) is 6.43. The molecule has 0 aliphatic carbocycles. The number of nitrogens with one attached hydrogen (secondary N) is 2. The molecule has 0 unspecified atom stereocenters. The van der Waals surface area contributed by atoms with Gasteiger partial charge in [-0.3, -0.25) is 14.6 Å². The Morgan fingerprint density at radius 2 is 2.04 bits per heavy atom. The van der Waals surface area contributed by atoms with Gasteiger partial charge in [0.2, 0.25) is 11.7 Å². The molecule has 0 radical (unpaired) electrons. The van der Waals surface area contributed by atoms with Crippen LogP contribution in [0.2, 0.25) is 0 Å². The van der Waals surface area contributed by atoms with Crippen molar-refractivity contribution in [3.63, 3.8) is 0 Å². The molecular formula is C17H15N5O4. The van der Waals surface area contributed by atoms with Crippen LogP contribution in [0.15, 0.2) is 50.6 Å². The Labute approximate surface area is 146 Å². The minimum absolute atomic E-state index is 0.126. The topological polar surface area (TPSA) is 125 Å². The summed E-state index contributed by atoms with van der Waals surface area (Å²) in [6, 6.07) is 8.97. The summed E-state index contributed by atoms with van der Waals surface area (Å²) in [5.41, 5.74) is -0.691. The molecule has 1 amide bonds. The van der Waals surface area contributed by atoms with Crippen LogP contribution in [0.25, 0.3) is 11.4 Å². The van der Waals surface area contributed by atoms with Crippen LogP contribution in [0.1, 0.15) is 35.1 Å². The van der Waals surface area contributed by atoms with Crippen LogP contribution in [0.3, 0.4) is 0 Å². The van der Waals surface area contributed by atoms with Gasteiger partial charge >= 0.3 is 5.69 Å². The number of carbonyl (C=O) groups excluding carboxylic acids is 1. The van der Waals surface area contributed by atoms with Crippen LogP contribution < -0.4 is 11.2 Å². The second-order valence-electron chi connectivity index (χ2n) is 5.96. The van der Waals surface area contributed by atoms with Gasteiger partial charge in [-0.2, -0.15) is 4.98 Å². The molecule has 4 rings (SSSR count). The van der Waals surface area contributed by atoms with Crippen molar-refractivity contribution in [3.8, 4) is 11.4 Å². The Morgan fingerprint density at radius 1 is 1.23 bits per heavy atom. The second-order valence-corrected chi connectivity index (χ2v) is 5.96. The van der Waals surface area contributed by atoms with Gasteiger partial charge < -0.3 is 14.4 Å². The molecule has 0 saturated carbocycles. The lowest BCUT2D eigenvalue weighted by Gasteiger charge is -2.21. The molecule has 2 aromatic heterocycles. The highest BCUT2D eigenvalue weighted by Gasteiger charge is 2.35. The van der Waals surface area contributed by atoms with Crippen LogP contribution in [0.5, 0.6) is 0 Å². The summed E-state index contributed by atoms with van der Waals surface area (Å²) in [5, 5.41) is 3.99. The molecule has 1 aromatic carbocycles. The Morgan fingerprint density at radius 3 is 2.81 bits per heavy atom. The molecule has 9 heteroatoms. The zero-order valence-corrected chi connectivity index (χ0v) is 13.6. The fourth-order valence-corrected chi connectivity index (χ4v) is 3.06. The van der Waals surface area contributed by atoms with Gasteiger partial charge in [-0.15, -0.1) is 0 Å². The van der Waals surface area contributed by atoms with Gasteiger partial charge in [0.25, 0.3) is 11.5 Å². The number of rotatable bonds is 3. The van der Waals surface area contributed by atoms with Crippen LogP contribution in [0, 0.1) is 0 Å². The molecule has 1 aliphatic heterocycles. The summed E-state index contributed by atoms with van der Waals surface area (Å²) in [6.45, 7) is 0.463. The summed E-state index contributed by atoms with van der Waals surface area (Å²) in [7, 11) is 0. The molecule has 3 aromatic rings. The summed E-state index contributed by atoms with van der Waals surface area (Å²) in [5.74, 6) is 0.293. The molecule has 3 heterocycles. The number of aromatic nitrogens is 4. The van der Waals surface area contributed by atoms with E-state index in [9.17, 15) is 14.4 Å². The minimum atomic E-state index is -0.722. The Kier molecular flexibility index (Phi) is 3.96. The Bertz CT molecular complexity index is 1050. The molecule has 1 atom stereocenters. The maximum atomic E-state index is 12.7. The van der Waals surface area contributed by atoms with E-state index < -0.39 is 23.2 Å². The van der Waals surface area contributed by atoms with Gasteiger partial charge in [-0.05, 0) is 12.8 Å². The standard InChI is InChI=1S/C17H15N5O4/c23-14-11(9-18-17(25)20-14)16(24)22-8-4-7-12(22)15-19-13(21-26-15)10-5-2-1-3-6-10/h1-3,5-6,9,12H,4,7-8H2,(H2,18,20,23,25)/t12-/m0/s1. The Hall–Kier alpha value is -3.49. The van der Waals surface area contributed by atoms with E-state index in [-0.39, 0.29) is 5.56 Å². The van der Waals surface area contributed by atoms with E-state index in [0.717, 1.165) is 18.2 Å². The molecule has 2 N–H and O–H groups in total. The van der Waals surface area contributed by atoms with Crippen LogP contribution in [0.4, 0.5) is 0 Å². The lowest BCUT2D eigenvalue weighted by Crippen LogP contribution is -2.36. The quantitative estimate of drug-likeness (QED) is 0.726. The first-order chi connectivity index (χ1) is 12.6. The summed E-state index contributed by atoms with van der Waals surface area (Å²) < 4.78 is 5.37.